The molecule has 1 aliphatic heterocycles. The number of hydrogen-bond acceptors (Lipinski definition) is 5. The Balaban J connectivity index is 1.49. The summed E-state index contributed by atoms with van der Waals surface area (Å²) in [6, 6.07) is 11.9. The molecule has 2 heterocycles. The number of hydrogen-bond donors (Lipinski definition) is 1. The Morgan fingerprint density at radius 1 is 1.03 bits per heavy atom. The Bertz CT molecular complexity index is 1190. The van der Waals surface area contributed by atoms with Gasteiger partial charge in [0.15, 0.2) is 0 Å². The monoisotopic (exact) mass is 416 g/mol. The molecule has 0 aliphatic carbocycles. The van der Waals surface area contributed by atoms with E-state index in [4.69, 9.17) is 0 Å². The standard InChI is InChI=1S/C20H21FN4O3S/c1-14(19-22-18-5-3-2-4-17(18)20(26)23-19)24-10-12-25(13-11-24)29(27,28)16-8-6-15(21)7-9-16/h2-9,14H,10-13H2,1H3,(H,22,23,26)/t14-/m1/s1. The van der Waals surface area contributed by atoms with E-state index in [0.29, 0.717) is 42.9 Å². The van der Waals surface area contributed by atoms with Crippen molar-refractivity contribution in [2.75, 3.05) is 26.2 Å². The van der Waals surface area contributed by atoms with Gasteiger partial charge in [-0.05, 0) is 43.3 Å². The van der Waals surface area contributed by atoms with E-state index in [1.165, 1.54) is 16.4 Å². The average molecular weight is 416 g/mol. The van der Waals surface area contributed by atoms with Gasteiger partial charge in [0.25, 0.3) is 5.56 Å². The first-order valence-electron chi connectivity index (χ1n) is 9.35. The maximum atomic E-state index is 13.1. The van der Waals surface area contributed by atoms with Gasteiger partial charge in [-0.3, -0.25) is 9.69 Å². The molecule has 3 aromatic rings. The second kappa shape index (κ2) is 7.66. The largest absolute Gasteiger partial charge is 0.309 e. The summed E-state index contributed by atoms with van der Waals surface area (Å²) in [6.45, 7) is 3.55. The molecule has 9 heteroatoms. The van der Waals surface area contributed by atoms with E-state index in [2.05, 4.69) is 14.9 Å². The Morgan fingerprint density at radius 3 is 2.38 bits per heavy atom. The summed E-state index contributed by atoms with van der Waals surface area (Å²) in [7, 11) is -3.66. The van der Waals surface area contributed by atoms with E-state index in [1.807, 2.05) is 13.0 Å². The Labute approximate surface area is 167 Å². The molecule has 0 unspecified atom stereocenters. The lowest BCUT2D eigenvalue weighted by Crippen LogP contribution is -2.49. The van der Waals surface area contributed by atoms with Crippen LogP contribution in [0.4, 0.5) is 4.39 Å². The smallest absolute Gasteiger partial charge is 0.258 e. The van der Waals surface area contributed by atoms with Gasteiger partial charge in [0, 0.05) is 26.2 Å². The van der Waals surface area contributed by atoms with Crippen molar-refractivity contribution >= 4 is 20.9 Å². The predicted molar refractivity (Wildman–Crippen MR) is 108 cm³/mol. The second-order valence-electron chi connectivity index (χ2n) is 7.04. The van der Waals surface area contributed by atoms with Crippen LogP contribution in [0, 0.1) is 5.82 Å². The zero-order valence-corrected chi connectivity index (χ0v) is 16.7. The van der Waals surface area contributed by atoms with Gasteiger partial charge in [0.05, 0.1) is 21.8 Å². The first-order chi connectivity index (χ1) is 13.9. The number of nitrogens with one attached hydrogen (secondary N) is 1. The summed E-state index contributed by atoms with van der Waals surface area (Å²) < 4.78 is 40.0. The quantitative estimate of drug-likeness (QED) is 0.704. The van der Waals surface area contributed by atoms with Gasteiger partial charge in [-0.25, -0.2) is 17.8 Å². The summed E-state index contributed by atoms with van der Waals surface area (Å²) in [5, 5.41) is 0.540. The zero-order chi connectivity index (χ0) is 20.6. The summed E-state index contributed by atoms with van der Waals surface area (Å²) in [4.78, 5) is 21.9. The third-order valence-corrected chi connectivity index (χ3v) is 7.21. The Morgan fingerprint density at radius 2 is 1.69 bits per heavy atom. The van der Waals surface area contributed by atoms with E-state index in [9.17, 15) is 17.6 Å². The minimum absolute atomic E-state index is 0.0842. The number of para-hydroxylation sites is 1. The Hall–Kier alpha value is -2.62. The van der Waals surface area contributed by atoms with Crippen molar-refractivity contribution in [3.63, 3.8) is 0 Å². The van der Waals surface area contributed by atoms with Crippen molar-refractivity contribution < 1.29 is 12.8 Å². The molecule has 1 aliphatic rings. The third-order valence-electron chi connectivity index (χ3n) is 5.30. The van der Waals surface area contributed by atoms with E-state index in [1.54, 1.807) is 18.2 Å². The van der Waals surface area contributed by atoms with Gasteiger partial charge < -0.3 is 4.98 Å². The molecule has 1 aromatic heterocycles. The lowest BCUT2D eigenvalue weighted by Gasteiger charge is -2.36. The predicted octanol–water partition coefficient (Wildman–Crippen LogP) is 2.13. The van der Waals surface area contributed by atoms with Crippen LogP contribution in [0.1, 0.15) is 18.8 Å². The van der Waals surface area contributed by atoms with Crippen LogP contribution in [0.2, 0.25) is 0 Å². The maximum Gasteiger partial charge on any atom is 0.258 e. The highest BCUT2D eigenvalue weighted by Gasteiger charge is 2.31. The number of benzene rings is 2. The van der Waals surface area contributed by atoms with Crippen LogP contribution in [0.25, 0.3) is 10.9 Å². The molecule has 152 valence electrons. The molecule has 0 spiro atoms. The molecule has 1 saturated heterocycles. The molecule has 4 rings (SSSR count). The van der Waals surface area contributed by atoms with Crippen molar-refractivity contribution in [1.82, 2.24) is 19.2 Å². The Kier molecular flexibility index (Phi) is 5.20. The highest BCUT2D eigenvalue weighted by molar-refractivity contribution is 7.89. The van der Waals surface area contributed by atoms with Crippen molar-refractivity contribution in [3.8, 4) is 0 Å². The molecular weight excluding hydrogens is 395 g/mol. The van der Waals surface area contributed by atoms with Gasteiger partial charge >= 0.3 is 0 Å². The number of rotatable bonds is 4. The summed E-state index contributed by atoms with van der Waals surface area (Å²) in [5.41, 5.74) is 0.450. The maximum absolute atomic E-state index is 13.1. The van der Waals surface area contributed by atoms with Gasteiger partial charge in [-0.1, -0.05) is 12.1 Å². The van der Waals surface area contributed by atoms with Crippen LogP contribution in [0.5, 0.6) is 0 Å². The van der Waals surface area contributed by atoms with Crippen LogP contribution in [0.3, 0.4) is 0 Å². The molecule has 0 saturated carbocycles. The van der Waals surface area contributed by atoms with Crippen molar-refractivity contribution in [3.05, 3.63) is 70.5 Å². The molecule has 0 bridgehead atoms. The lowest BCUT2D eigenvalue weighted by molar-refractivity contribution is 0.141. The van der Waals surface area contributed by atoms with Crippen molar-refractivity contribution in [2.45, 2.75) is 17.9 Å². The molecule has 7 nitrogen and oxygen atoms in total. The van der Waals surface area contributed by atoms with Crippen LogP contribution in [-0.4, -0.2) is 53.8 Å². The lowest BCUT2D eigenvalue weighted by atomic mass is 10.2. The number of H-pyrrole nitrogens is 1. The molecule has 2 aromatic carbocycles. The number of sulfonamides is 1. The number of fused-ring (bicyclic) bond motifs is 1. The van der Waals surface area contributed by atoms with Gasteiger partial charge in [-0.15, -0.1) is 0 Å². The fraction of sp³-hybridized carbons (Fsp3) is 0.300. The van der Waals surface area contributed by atoms with Crippen LogP contribution < -0.4 is 5.56 Å². The average Bonchev–Trinajstić information content (AvgIpc) is 2.73. The minimum Gasteiger partial charge on any atom is -0.309 e. The number of nitrogens with zero attached hydrogens (tertiary/aromatic N) is 3. The first-order valence-corrected chi connectivity index (χ1v) is 10.8. The van der Waals surface area contributed by atoms with Crippen LogP contribution in [0.15, 0.2) is 58.2 Å². The van der Waals surface area contributed by atoms with E-state index >= 15 is 0 Å². The first kappa shape index (κ1) is 19.7. The van der Waals surface area contributed by atoms with Gasteiger partial charge in [0.1, 0.15) is 11.6 Å². The summed E-state index contributed by atoms with van der Waals surface area (Å²) in [5.74, 6) is 0.0861. The van der Waals surface area contributed by atoms with E-state index < -0.39 is 15.8 Å². The topological polar surface area (TPSA) is 86.4 Å². The molecule has 1 fully saturated rings. The number of halogens is 1. The molecular formula is C20H21FN4O3S. The number of piperazine rings is 1. The zero-order valence-electron chi connectivity index (χ0n) is 15.9. The highest BCUT2D eigenvalue weighted by Crippen LogP contribution is 2.23. The third kappa shape index (κ3) is 3.81. The SMILES string of the molecule is C[C@H](c1nc2ccccc2c(=O)[nH]1)N1CCN(S(=O)(=O)c2ccc(F)cc2)CC1. The highest BCUT2D eigenvalue weighted by atomic mass is 32.2. The molecule has 0 amide bonds. The van der Waals surface area contributed by atoms with E-state index in [-0.39, 0.29) is 16.5 Å². The second-order valence-corrected chi connectivity index (χ2v) is 8.98. The van der Waals surface area contributed by atoms with Crippen LogP contribution >= 0.6 is 0 Å². The van der Waals surface area contributed by atoms with Crippen molar-refractivity contribution in [2.24, 2.45) is 0 Å². The fourth-order valence-corrected chi connectivity index (χ4v) is 4.98. The molecule has 29 heavy (non-hydrogen) atoms. The summed E-state index contributed by atoms with van der Waals surface area (Å²) >= 11 is 0. The minimum atomic E-state index is -3.66. The molecule has 0 radical (unpaired) electrons. The van der Waals surface area contributed by atoms with Crippen molar-refractivity contribution in [1.29, 1.82) is 0 Å². The number of aromatic nitrogens is 2. The van der Waals surface area contributed by atoms with Gasteiger partial charge in [-0.2, -0.15) is 4.31 Å². The molecule has 1 N–H and O–H groups in total. The normalized spacial score (nSPS) is 17.4. The van der Waals surface area contributed by atoms with E-state index in [0.717, 1.165) is 12.1 Å². The van der Waals surface area contributed by atoms with Gasteiger partial charge in [0.2, 0.25) is 10.0 Å². The number of aromatic amines is 1. The van der Waals surface area contributed by atoms with Crippen LogP contribution in [-0.2, 0) is 10.0 Å². The molecule has 1 atom stereocenters. The summed E-state index contributed by atoms with van der Waals surface area (Å²) in [6.07, 6.45) is 0. The fourth-order valence-electron chi connectivity index (χ4n) is 3.56.